The molecule has 0 spiro atoms. The molecule has 102 valence electrons. The number of morpholine rings is 1. The van der Waals surface area contributed by atoms with Gasteiger partial charge >= 0.3 is 0 Å². The van der Waals surface area contributed by atoms with Crippen molar-refractivity contribution in [2.75, 3.05) is 65.9 Å². The first-order valence-electron chi connectivity index (χ1n) is 6.58. The zero-order valence-electron chi connectivity index (χ0n) is 10.9. The van der Waals surface area contributed by atoms with E-state index in [1.54, 1.807) is 0 Å². The van der Waals surface area contributed by atoms with E-state index in [2.05, 4.69) is 11.8 Å². The molecule has 1 saturated heterocycles. The molecule has 5 nitrogen and oxygen atoms in total. The second-order valence-corrected chi connectivity index (χ2v) is 4.33. The molecule has 1 rings (SSSR count). The van der Waals surface area contributed by atoms with Gasteiger partial charge < -0.3 is 14.6 Å². The number of rotatable bonds is 9. The van der Waals surface area contributed by atoms with Crippen molar-refractivity contribution in [3.05, 3.63) is 0 Å². The molecule has 0 aliphatic carbocycles. The Hall–Kier alpha value is -0.200. The van der Waals surface area contributed by atoms with Crippen LogP contribution in [0.1, 0.15) is 13.3 Å². The monoisotopic (exact) mass is 246 g/mol. The van der Waals surface area contributed by atoms with Crippen LogP contribution in [-0.2, 0) is 9.47 Å². The van der Waals surface area contributed by atoms with Gasteiger partial charge in [-0.3, -0.25) is 9.80 Å². The highest BCUT2D eigenvalue weighted by molar-refractivity contribution is 4.61. The van der Waals surface area contributed by atoms with Crippen molar-refractivity contribution in [2.24, 2.45) is 0 Å². The molecule has 0 atom stereocenters. The Balaban J connectivity index is 1.92. The second kappa shape index (κ2) is 9.79. The Bertz CT molecular complexity index is 168. The summed E-state index contributed by atoms with van der Waals surface area (Å²) in [5.41, 5.74) is 0. The van der Waals surface area contributed by atoms with Gasteiger partial charge in [-0.25, -0.2) is 0 Å². The van der Waals surface area contributed by atoms with Crippen LogP contribution >= 0.6 is 0 Å². The zero-order valence-corrected chi connectivity index (χ0v) is 10.9. The Labute approximate surface area is 104 Å². The molecule has 1 aliphatic rings. The summed E-state index contributed by atoms with van der Waals surface area (Å²) >= 11 is 0. The molecule has 0 unspecified atom stereocenters. The fourth-order valence-electron chi connectivity index (χ4n) is 1.88. The Kier molecular flexibility index (Phi) is 8.56. The van der Waals surface area contributed by atoms with Crippen LogP contribution in [0.2, 0.25) is 0 Å². The van der Waals surface area contributed by atoms with Crippen LogP contribution in [0.5, 0.6) is 0 Å². The van der Waals surface area contributed by atoms with Gasteiger partial charge in [0, 0.05) is 32.7 Å². The minimum atomic E-state index is 0.126. The van der Waals surface area contributed by atoms with Crippen molar-refractivity contribution in [3.63, 3.8) is 0 Å². The van der Waals surface area contributed by atoms with Crippen molar-refractivity contribution in [3.8, 4) is 0 Å². The number of aliphatic hydroxyl groups is 1. The summed E-state index contributed by atoms with van der Waals surface area (Å²) < 4.78 is 10.9. The number of nitrogens with zero attached hydrogens (tertiary/aromatic N) is 2. The van der Waals surface area contributed by atoms with Crippen LogP contribution in [0.4, 0.5) is 0 Å². The summed E-state index contributed by atoms with van der Waals surface area (Å²) in [6, 6.07) is 0. The van der Waals surface area contributed by atoms with Gasteiger partial charge in [-0.2, -0.15) is 0 Å². The fraction of sp³-hybridized carbons (Fsp3) is 1.00. The van der Waals surface area contributed by atoms with Crippen LogP contribution in [0, 0.1) is 0 Å². The van der Waals surface area contributed by atoms with Gasteiger partial charge in [0.1, 0.15) is 0 Å². The number of aliphatic hydroxyl groups excluding tert-OH is 1. The molecule has 5 heteroatoms. The predicted molar refractivity (Wildman–Crippen MR) is 67.0 cm³/mol. The Morgan fingerprint density at radius 3 is 2.65 bits per heavy atom. The minimum absolute atomic E-state index is 0.126. The van der Waals surface area contributed by atoms with Crippen LogP contribution in [0.3, 0.4) is 0 Å². The molecule has 0 saturated carbocycles. The third-order valence-corrected chi connectivity index (χ3v) is 2.95. The minimum Gasteiger partial charge on any atom is -0.381 e. The lowest BCUT2D eigenvalue weighted by Gasteiger charge is -2.26. The van der Waals surface area contributed by atoms with E-state index in [0.29, 0.717) is 6.61 Å². The summed E-state index contributed by atoms with van der Waals surface area (Å²) in [7, 11) is 0. The smallest absolute Gasteiger partial charge is 0.0957 e. The number of hydrogen-bond acceptors (Lipinski definition) is 5. The normalized spacial score (nSPS) is 17.8. The van der Waals surface area contributed by atoms with E-state index in [-0.39, 0.29) is 6.73 Å². The summed E-state index contributed by atoms with van der Waals surface area (Å²) in [5, 5.41) is 9.07. The van der Waals surface area contributed by atoms with E-state index in [1.807, 2.05) is 4.90 Å². The van der Waals surface area contributed by atoms with E-state index >= 15 is 0 Å². The van der Waals surface area contributed by atoms with Gasteiger partial charge in [-0.15, -0.1) is 0 Å². The highest BCUT2D eigenvalue weighted by atomic mass is 16.5. The molecule has 0 amide bonds. The fourth-order valence-corrected chi connectivity index (χ4v) is 1.88. The molecule has 0 radical (unpaired) electrons. The van der Waals surface area contributed by atoms with Gasteiger partial charge in [-0.1, -0.05) is 6.92 Å². The topological polar surface area (TPSA) is 45.2 Å². The van der Waals surface area contributed by atoms with Gasteiger partial charge in [0.25, 0.3) is 0 Å². The molecular formula is C12H26N2O3. The molecule has 1 heterocycles. The first kappa shape index (κ1) is 14.9. The number of hydrogen-bond donors (Lipinski definition) is 1. The van der Waals surface area contributed by atoms with Crippen molar-refractivity contribution >= 4 is 0 Å². The van der Waals surface area contributed by atoms with Crippen LogP contribution in [0.15, 0.2) is 0 Å². The maximum absolute atomic E-state index is 9.07. The highest BCUT2D eigenvalue weighted by Crippen LogP contribution is 1.96. The third kappa shape index (κ3) is 6.95. The molecule has 0 aromatic rings. The molecule has 17 heavy (non-hydrogen) atoms. The van der Waals surface area contributed by atoms with Crippen molar-refractivity contribution in [1.29, 1.82) is 0 Å². The molecule has 1 N–H and O–H groups in total. The lowest BCUT2D eigenvalue weighted by molar-refractivity contribution is 0.0133. The van der Waals surface area contributed by atoms with Gasteiger partial charge in [0.15, 0.2) is 0 Å². The molecule has 0 aromatic heterocycles. The van der Waals surface area contributed by atoms with E-state index < -0.39 is 0 Å². The van der Waals surface area contributed by atoms with Crippen LogP contribution in [0.25, 0.3) is 0 Å². The van der Waals surface area contributed by atoms with Gasteiger partial charge in [-0.05, 0) is 6.42 Å². The lowest BCUT2D eigenvalue weighted by atomic mass is 10.4. The highest BCUT2D eigenvalue weighted by Gasteiger charge is 2.09. The molecule has 0 bridgehead atoms. The van der Waals surface area contributed by atoms with Crippen LogP contribution in [-0.4, -0.2) is 80.8 Å². The second-order valence-electron chi connectivity index (χ2n) is 4.33. The lowest BCUT2D eigenvalue weighted by Crippen LogP contribution is -2.38. The first-order chi connectivity index (χ1) is 8.36. The molecule has 1 aliphatic heterocycles. The summed E-state index contributed by atoms with van der Waals surface area (Å²) in [4.78, 5) is 4.36. The summed E-state index contributed by atoms with van der Waals surface area (Å²) in [6.07, 6.45) is 1.06. The maximum Gasteiger partial charge on any atom is 0.0957 e. The largest absolute Gasteiger partial charge is 0.381 e. The quantitative estimate of drug-likeness (QED) is 0.458. The summed E-state index contributed by atoms with van der Waals surface area (Å²) in [6.45, 7) is 10.2. The van der Waals surface area contributed by atoms with Crippen molar-refractivity contribution in [2.45, 2.75) is 13.3 Å². The molecule has 0 aromatic carbocycles. The molecular weight excluding hydrogens is 220 g/mol. The average Bonchev–Trinajstić information content (AvgIpc) is 2.38. The predicted octanol–water partition coefficient (Wildman–Crippen LogP) is -0.00300. The average molecular weight is 246 g/mol. The van der Waals surface area contributed by atoms with Gasteiger partial charge in [0.05, 0.1) is 33.2 Å². The molecule has 1 fully saturated rings. The van der Waals surface area contributed by atoms with Crippen LogP contribution < -0.4 is 0 Å². The SMILES string of the molecule is CCCN(CO)CCOCCN1CCOCC1. The standard InChI is InChI=1S/C12H26N2O3/c1-2-3-14(12-15)7-11-17-10-6-13-4-8-16-9-5-13/h15H,2-12H2,1H3. The maximum atomic E-state index is 9.07. The van der Waals surface area contributed by atoms with E-state index in [0.717, 1.165) is 59.0 Å². The number of ether oxygens (including phenoxy) is 2. The van der Waals surface area contributed by atoms with E-state index in [9.17, 15) is 0 Å². The van der Waals surface area contributed by atoms with E-state index in [4.69, 9.17) is 14.6 Å². The van der Waals surface area contributed by atoms with E-state index in [1.165, 1.54) is 0 Å². The first-order valence-corrected chi connectivity index (χ1v) is 6.58. The summed E-state index contributed by atoms with van der Waals surface area (Å²) in [5.74, 6) is 0. The zero-order chi connectivity index (χ0) is 12.3. The van der Waals surface area contributed by atoms with Crippen molar-refractivity contribution in [1.82, 2.24) is 9.80 Å². The van der Waals surface area contributed by atoms with Gasteiger partial charge in [0.2, 0.25) is 0 Å². The third-order valence-electron chi connectivity index (χ3n) is 2.95. The Morgan fingerprint density at radius 1 is 1.24 bits per heavy atom. The van der Waals surface area contributed by atoms with Crippen molar-refractivity contribution < 1.29 is 14.6 Å². The Morgan fingerprint density at radius 2 is 2.00 bits per heavy atom.